The first-order valence-electron chi connectivity index (χ1n) is 7.71. The summed E-state index contributed by atoms with van der Waals surface area (Å²) in [5.74, 6) is 1.10. The van der Waals surface area contributed by atoms with Gasteiger partial charge in [-0.15, -0.1) is 10.2 Å². The normalized spacial score (nSPS) is 11.9. The van der Waals surface area contributed by atoms with Gasteiger partial charge in [-0.3, -0.25) is 9.36 Å². The highest BCUT2D eigenvalue weighted by Gasteiger charge is 2.19. The molecule has 0 amide bonds. The Balaban J connectivity index is 1.83. The second kappa shape index (κ2) is 5.23. The molecule has 0 aliphatic rings. The minimum atomic E-state index is 0.412. The van der Waals surface area contributed by atoms with E-state index in [-0.39, 0.29) is 0 Å². The molecule has 4 aromatic heterocycles. The summed E-state index contributed by atoms with van der Waals surface area (Å²) < 4.78 is 5.47. The third-order valence-electron chi connectivity index (χ3n) is 3.95. The lowest BCUT2D eigenvalue weighted by atomic mass is 10.1. The standard InChI is InChI=1S/C15H18N8S/c1-8(2)11-7-10(19-21(11)4)14-20-23-13(16-17-15(23)24-14)12-6-9(3)18-22(12)5/h6-8H,1-5H3. The fourth-order valence-corrected chi connectivity index (χ4v) is 3.62. The van der Waals surface area contributed by atoms with E-state index in [4.69, 9.17) is 0 Å². The summed E-state index contributed by atoms with van der Waals surface area (Å²) in [7, 11) is 3.85. The third kappa shape index (κ3) is 2.23. The van der Waals surface area contributed by atoms with E-state index in [1.165, 1.54) is 17.0 Å². The van der Waals surface area contributed by atoms with Crippen molar-refractivity contribution in [2.24, 2.45) is 14.1 Å². The molecule has 0 aliphatic heterocycles. The molecular weight excluding hydrogens is 324 g/mol. The summed E-state index contributed by atoms with van der Waals surface area (Å²) in [6.07, 6.45) is 0. The first-order valence-corrected chi connectivity index (χ1v) is 8.53. The predicted octanol–water partition coefficient (Wildman–Crippen LogP) is 2.42. The highest BCUT2D eigenvalue weighted by Crippen LogP contribution is 2.29. The van der Waals surface area contributed by atoms with E-state index in [2.05, 4.69) is 45.4 Å². The Hall–Kier alpha value is -2.55. The van der Waals surface area contributed by atoms with E-state index in [0.29, 0.717) is 11.7 Å². The van der Waals surface area contributed by atoms with Gasteiger partial charge in [-0.1, -0.05) is 25.2 Å². The maximum atomic E-state index is 4.68. The van der Waals surface area contributed by atoms with Crippen LogP contribution < -0.4 is 0 Å². The summed E-state index contributed by atoms with van der Waals surface area (Å²) in [5.41, 5.74) is 3.87. The molecule has 8 nitrogen and oxygen atoms in total. The monoisotopic (exact) mass is 342 g/mol. The van der Waals surface area contributed by atoms with Crippen LogP contribution in [0.5, 0.6) is 0 Å². The smallest absolute Gasteiger partial charge is 0.235 e. The van der Waals surface area contributed by atoms with Crippen LogP contribution in [0.4, 0.5) is 0 Å². The van der Waals surface area contributed by atoms with Gasteiger partial charge in [0.2, 0.25) is 10.8 Å². The van der Waals surface area contributed by atoms with Gasteiger partial charge in [0, 0.05) is 19.8 Å². The Morgan fingerprint density at radius 3 is 2.42 bits per heavy atom. The van der Waals surface area contributed by atoms with Crippen LogP contribution in [0.25, 0.3) is 27.2 Å². The molecule has 0 aromatic carbocycles. The van der Waals surface area contributed by atoms with Gasteiger partial charge >= 0.3 is 0 Å². The zero-order valence-electron chi connectivity index (χ0n) is 14.2. The van der Waals surface area contributed by atoms with Crippen LogP contribution in [-0.4, -0.2) is 39.4 Å². The van der Waals surface area contributed by atoms with Crippen molar-refractivity contribution in [3.05, 3.63) is 23.5 Å². The molecule has 0 N–H and O–H groups in total. The Morgan fingerprint density at radius 2 is 1.79 bits per heavy atom. The largest absolute Gasteiger partial charge is 0.272 e. The van der Waals surface area contributed by atoms with Gasteiger partial charge < -0.3 is 0 Å². The minimum absolute atomic E-state index is 0.412. The molecule has 0 fully saturated rings. The zero-order chi connectivity index (χ0) is 17.0. The molecule has 0 unspecified atom stereocenters. The first-order chi connectivity index (χ1) is 11.4. The SMILES string of the molecule is Cc1cc(-c2nnc3sc(-c4cc(C(C)C)n(C)n4)nn23)n(C)n1. The van der Waals surface area contributed by atoms with E-state index < -0.39 is 0 Å². The van der Waals surface area contributed by atoms with Crippen molar-refractivity contribution in [2.75, 3.05) is 0 Å². The molecule has 9 heteroatoms. The second-order valence-corrected chi connectivity index (χ2v) is 7.11. The average Bonchev–Trinajstić information content (AvgIpc) is 3.21. The lowest BCUT2D eigenvalue weighted by Crippen LogP contribution is -1.99. The number of rotatable bonds is 3. The molecule has 0 atom stereocenters. The molecule has 0 saturated heterocycles. The highest BCUT2D eigenvalue weighted by atomic mass is 32.1. The molecule has 4 rings (SSSR count). The molecule has 0 spiro atoms. The predicted molar refractivity (Wildman–Crippen MR) is 91.9 cm³/mol. The van der Waals surface area contributed by atoms with Crippen LogP contribution in [0.2, 0.25) is 0 Å². The topological polar surface area (TPSA) is 78.7 Å². The second-order valence-electron chi connectivity index (χ2n) is 6.15. The van der Waals surface area contributed by atoms with E-state index in [1.807, 2.05) is 31.8 Å². The maximum Gasteiger partial charge on any atom is 0.235 e. The summed E-state index contributed by atoms with van der Waals surface area (Å²) in [6.45, 7) is 6.26. The Kier molecular flexibility index (Phi) is 3.27. The quantitative estimate of drug-likeness (QED) is 0.571. The molecule has 0 aliphatic carbocycles. The number of hydrogen-bond acceptors (Lipinski definition) is 6. The van der Waals surface area contributed by atoms with Gasteiger partial charge in [-0.2, -0.15) is 19.8 Å². The Bertz CT molecular complexity index is 1030. The van der Waals surface area contributed by atoms with Crippen LogP contribution in [0.15, 0.2) is 12.1 Å². The molecule has 124 valence electrons. The van der Waals surface area contributed by atoms with Crippen molar-refractivity contribution in [1.82, 2.24) is 39.4 Å². The van der Waals surface area contributed by atoms with Gasteiger partial charge in [0.25, 0.3) is 0 Å². The van der Waals surface area contributed by atoms with Crippen LogP contribution in [0.1, 0.15) is 31.2 Å². The molecule has 24 heavy (non-hydrogen) atoms. The van der Waals surface area contributed by atoms with Gasteiger partial charge in [0.05, 0.1) is 5.69 Å². The average molecular weight is 342 g/mol. The van der Waals surface area contributed by atoms with Gasteiger partial charge in [0.1, 0.15) is 11.4 Å². The third-order valence-corrected chi connectivity index (χ3v) is 4.87. The van der Waals surface area contributed by atoms with E-state index in [1.54, 1.807) is 9.20 Å². The fraction of sp³-hybridized carbons (Fsp3) is 0.400. The lowest BCUT2D eigenvalue weighted by molar-refractivity contribution is 0.670. The maximum absolute atomic E-state index is 4.68. The van der Waals surface area contributed by atoms with Gasteiger partial charge in [-0.25, -0.2) is 0 Å². The lowest BCUT2D eigenvalue weighted by Gasteiger charge is -2.02. The van der Waals surface area contributed by atoms with E-state index in [0.717, 1.165) is 27.1 Å². The molecular formula is C15H18N8S. The van der Waals surface area contributed by atoms with Gasteiger partial charge in [0.15, 0.2) is 5.01 Å². The number of nitrogens with zero attached hydrogens (tertiary/aromatic N) is 8. The van der Waals surface area contributed by atoms with Crippen molar-refractivity contribution in [3.8, 4) is 22.2 Å². The summed E-state index contributed by atoms with van der Waals surface area (Å²) in [4.78, 5) is 0.746. The number of aromatic nitrogens is 8. The molecule has 0 radical (unpaired) electrons. The van der Waals surface area contributed by atoms with Crippen molar-refractivity contribution >= 4 is 16.3 Å². The Morgan fingerprint density at radius 1 is 1.00 bits per heavy atom. The zero-order valence-corrected chi connectivity index (χ0v) is 15.0. The molecule has 0 saturated carbocycles. The Labute approximate surface area is 142 Å². The van der Waals surface area contributed by atoms with E-state index >= 15 is 0 Å². The van der Waals surface area contributed by atoms with Gasteiger partial charge in [-0.05, 0) is 25.0 Å². The highest BCUT2D eigenvalue weighted by molar-refractivity contribution is 7.19. The molecule has 0 bridgehead atoms. The van der Waals surface area contributed by atoms with E-state index in [9.17, 15) is 0 Å². The number of hydrogen-bond donors (Lipinski definition) is 0. The van der Waals surface area contributed by atoms with Crippen molar-refractivity contribution < 1.29 is 0 Å². The number of aryl methyl sites for hydroxylation is 3. The van der Waals surface area contributed by atoms with Crippen molar-refractivity contribution in [1.29, 1.82) is 0 Å². The minimum Gasteiger partial charge on any atom is -0.272 e. The fourth-order valence-electron chi connectivity index (χ4n) is 2.83. The molecule has 4 aromatic rings. The van der Waals surface area contributed by atoms with Crippen molar-refractivity contribution in [2.45, 2.75) is 26.7 Å². The van der Waals surface area contributed by atoms with Crippen LogP contribution in [0, 0.1) is 6.92 Å². The van der Waals surface area contributed by atoms with Crippen LogP contribution in [-0.2, 0) is 14.1 Å². The van der Waals surface area contributed by atoms with Crippen LogP contribution in [0.3, 0.4) is 0 Å². The number of fused-ring (bicyclic) bond motifs is 1. The summed E-state index contributed by atoms with van der Waals surface area (Å²) >= 11 is 1.49. The first kappa shape index (κ1) is 15.0. The molecule has 4 heterocycles. The summed E-state index contributed by atoms with van der Waals surface area (Å²) in [6, 6.07) is 4.07. The van der Waals surface area contributed by atoms with Crippen LogP contribution >= 0.6 is 11.3 Å². The van der Waals surface area contributed by atoms with Crippen molar-refractivity contribution in [3.63, 3.8) is 0 Å². The summed E-state index contributed by atoms with van der Waals surface area (Å²) in [5, 5.41) is 23.0.